The Labute approximate surface area is 703 Å². The zero-order valence-electron chi connectivity index (χ0n) is 70.3. The van der Waals surface area contributed by atoms with Crippen LogP contribution in [0.1, 0.15) is 94.2 Å². The molecule has 14 rings (SSSR count). The number of para-hydroxylation sites is 2. The maximum Gasteiger partial charge on any atom is 0.163 e. The average Bonchev–Trinajstić information content (AvgIpc) is 1.64. The summed E-state index contributed by atoms with van der Waals surface area (Å²) in [5.41, 5.74) is 10.0. The van der Waals surface area contributed by atoms with Crippen LogP contribution >= 0.6 is 77.2 Å². The van der Waals surface area contributed by atoms with E-state index >= 15 is 0 Å². The highest BCUT2D eigenvalue weighted by atomic mass is 31.1. The van der Waals surface area contributed by atoms with Gasteiger partial charge in [0.25, 0.3) is 0 Å². The molecule has 8 unspecified atom stereocenters. The lowest BCUT2D eigenvalue weighted by Crippen LogP contribution is -2.33. The van der Waals surface area contributed by atoms with E-state index in [4.69, 9.17) is 18.6 Å². The van der Waals surface area contributed by atoms with Crippen molar-refractivity contribution >= 4 is 147 Å². The van der Waals surface area contributed by atoms with Crippen LogP contribution in [0.2, 0.25) is 0 Å². The van der Waals surface area contributed by atoms with Crippen LogP contribution in [0.25, 0.3) is 0 Å². The molecule has 1 aromatic heterocycles. The van der Waals surface area contributed by atoms with E-state index in [-0.39, 0.29) is 20.1 Å². The van der Waals surface area contributed by atoms with E-state index in [9.17, 15) is 0 Å². The van der Waals surface area contributed by atoms with E-state index in [1.807, 2.05) is 57.5 Å². The van der Waals surface area contributed by atoms with E-state index in [2.05, 4.69) is 387 Å². The Morgan fingerprint density at radius 2 is 0.939 bits per heavy atom. The van der Waals surface area contributed by atoms with Gasteiger partial charge in [-0.2, -0.15) is 0 Å². The summed E-state index contributed by atoms with van der Waals surface area (Å²) in [5.74, 6) is 2.37. The Balaban J connectivity index is 0.000000194. The Morgan fingerprint density at radius 3 is 1.33 bits per heavy atom. The van der Waals surface area contributed by atoms with Crippen LogP contribution < -0.4 is 78.8 Å². The smallest absolute Gasteiger partial charge is 0.163 e. The van der Waals surface area contributed by atoms with Crippen LogP contribution in [-0.4, -0.2) is 84.2 Å². The molecule has 2 aliphatic rings. The monoisotopic (exact) mass is 1690 g/mol. The summed E-state index contributed by atoms with van der Waals surface area (Å²) in [6, 6.07) is 107. The number of ether oxygens (including phenoxy) is 3. The first kappa shape index (κ1) is 95.2. The predicted octanol–water partition coefficient (Wildman–Crippen LogP) is 20.7. The first-order chi connectivity index (χ1) is 55.0. The highest BCUT2D eigenvalue weighted by molar-refractivity contribution is 7.73. The summed E-state index contributed by atoms with van der Waals surface area (Å²) in [5, 5.41) is 18.3. The number of anilines is 1. The molecule has 11 aromatic carbocycles. The van der Waals surface area contributed by atoms with Gasteiger partial charge in [0.15, 0.2) is 5.79 Å². The molecule has 0 amide bonds. The Morgan fingerprint density at radius 1 is 0.509 bits per heavy atom. The SMILES string of the molecule is CC1(C)OC(CP(c2ccccc2)c2ccccc2)[C@H](CP(c2ccccc2)c2ccccc2)O1.CN(C)c1ccccc1P.CN[C@H](C)c1ccccc1PC.COc1ccccc1P(C)c1ccccc1.CP[C@H]1CCCC[C@H]1C(C)C.Cc1cc(C)cc(P)c1.Cc1cc(C)cc(Pc2ccccc2)c1.Pc1ccco1. The minimum Gasteiger partial charge on any atom is -0.496 e. The molecule has 1 saturated carbocycles. The normalized spacial score (nSPS) is 15.9. The molecule has 12 aromatic rings. The summed E-state index contributed by atoms with van der Waals surface area (Å²) in [6.07, 6.45) is 9.61. The van der Waals surface area contributed by atoms with Crippen molar-refractivity contribution < 1.29 is 18.6 Å². The van der Waals surface area contributed by atoms with Crippen molar-refractivity contribution in [2.45, 2.75) is 118 Å². The molecule has 1 N–H and O–H groups in total. The summed E-state index contributed by atoms with van der Waals surface area (Å²) < 4.78 is 23.4. The second kappa shape index (κ2) is 52.1. The highest BCUT2D eigenvalue weighted by Gasteiger charge is 2.44. The lowest BCUT2D eigenvalue weighted by Gasteiger charge is -2.33. The number of methoxy groups -OCH3 is 1. The maximum atomic E-state index is 6.61. The van der Waals surface area contributed by atoms with Crippen LogP contribution in [0.5, 0.6) is 5.75 Å². The van der Waals surface area contributed by atoms with Crippen molar-refractivity contribution in [3.05, 3.63) is 337 Å². The van der Waals surface area contributed by atoms with Crippen molar-refractivity contribution in [2.75, 3.05) is 65.5 Å². The number of nitrogens with zero attached hydrogens (tertiary/aromatic N) is 1. The molecule has 1 aliphatic carbocycles. The fourth-order valence-electron chi connectivity index (χ4n) is 13.9. The molecule has 0 bridgehead atoms. The summed E-state index contributed by atoms with van der Waals surface area (Å²) in [7, 11) is 17.1. The van der Waals surface area contributed by atoms with Crippen LogP contribution in [0.3, 0.4) is 0 Å². The van der Waals surface area contributed by atoms with Crippen LogP contribution in [0.4, 0.5) is 5.69 Å². The fourth-order valence-corrected chi connectivity index (χ4v) is 25.3. The van der Waals surface area contributed by atoms with Crippen molar-refractivity contribution in [3.63, 3.8) is 0 Å². The van der Waals surface area contributed by atoms with Crippen LogP contribution in [-0.2, 0) is 9.47 Å². The van der Waals surface area contributed by atoms with Gasteiger partial charge in [0.1, 0.15) is 11.3 Å². The second-order valence-electron chi connectivity index (χ2n) is 29.5. The molecular formula is C99H127N2O4P9. The Hall–Kier alpha value is -5.95. The molecule has 12 atom stereocenters. The third-order valence-corrected chi connectivity index (χ3v) is 31.6. The number of rotatable bonds is 19. The first-order valence-electron chi connectivity index (χ1n) is 39.7. The van der Waals surface area contributed by atoms with E-state index in [0.717, 1.165) is 58.2 Å². The third-order valence-electron chi connectivity index (χ3n) is 19.5. The molecule has 114 heavy (non-hydrogen) atoms. The fraction of sp³-hybridized carbons (Fsp3) is 0.293. The topological polar surface area (TPSA) is 56.1 Å². The molecule has 2 heterocycles. The number of hydrogen-bond donors (Lipinski definition) is 1. The van der Waals surface area contributed by atoms with Gasteiger partial charge in [0.05, 0.1) is 25.6 Å². The summed E-state index contributed by atoms with van der Waals surface area (Å²) in [4.78, 5) is 2.10. The number of furan rings is 1. The Kier molecular flexibility index (Phi) is 43.5. The van der Waals surface area contributed by atoms with Crippen molar-refractivity contribution in [1.82, 2.24) is 5.32 Å². The minimum atomic E-state index is -0.585. The van der Waals surface area contributed by atoms with Crippen LogP contribution in [0.15, 0.2) is 314 Å². The van der Waals surface area contributed by atoms with E-state index in [1.165, 1.54) is 126 Å². The van der Waals surface area contributed by atoms with Crippen molar-refractivity contribution in [3.8, 4) is 5.75 Å². The average molecular weight is 1690 g/mol. The summed E-state index contributed by atoms with van der Waals surface area (Å²) >= 11 is 0. The van der Waals surface area contributed by atoms with Gasteiger partial charge in [0, 0.05) is 43.5 Å². The quantitative estimate of drug-likeness (QED) is 0.0815. The van der Waals surface area contributed by atoms with Gasteiger partial charge in [-0.3, -0.25) is 0 Å². The zero-order chi connectivity index (χ0) is 82.2. The Bertz CT molecular complexity index is 4340. The molecule has 0 radical (unpaired) electrons. The molecular weight excluding hydrogens is 1560 g/mol. The molecule has 15 heteroatoms. The summed E-state index contributed by atoms with van der Waals surface area (Å²) in [6.45, 7) is 26.5. The lowest BCUT2D eigenvalue weighted by atomic mass is 9.81. The van der Waals surface area contributed by atoms with Gasteiger partial charge in [-0.25, -0.2) is 0 Å². The van der Waals surface area contributed by atoms with Gasteiger partial charge in [0.2, 0.25) is 0 Å². The maximum absolute atomic E-state index is 6.61. The predicted molar refractivity (Wildman–Crippen MR) is 529 cm³/mol. The van der Waals surface area contributed by atoms with Gasteiger partial charge < -0.3 is 28.8 Å². The first-order valence-corrected chi connectivity index (χ1v) is 50.3. The van der Waals surface area contributed by atoms with Crippen molar-refractivity contribution in [1.29, 1.82) is 0 Å². The third kappa shape index (κ3) is 33.4. The molecule has 0 spiro atoms. The lowest BCUT2D eigenvalue weighted by molar-refractivity contribution is -0.142. The van der Waals surface area contributed by atoms with Gasteiger partial charge in [-0.05, 0) is 212 Å². The van der Waals surface area contributed by atoms with Gasteiger partial charge >= 0.3 is 0 Å². The number of nitrogens with one attached hydrogen (secondary N) is 1. The molecule has 2 fully saturated rings. The number of benzene rings is 11. The van der Waals surface area contributed by atoms with E-state index in [0.29, 0.717) is 6.04 Å². The molecule has 6 nitrogen and oxygen atoms in total. The van der Waals surface area contributed by atoms with E-state index < -0.39 is 21.6 Å². The van der Waals surface area contributed by atoms with Crippen LogP contribution in [0, 0.1) is 39.5 Å². The van der Waals surface area contributed by atoms with Gasteiger partial charge in [-0.15, -0.1) is 27.1 Å². The zero-order valence-corrected chi connectivity index (χ0v) is 79.5. The molecule has 1 saturated heterocycles. The molecule has 602 valence electrons. The molecule has 1 aliphatic heterocycles. The van der Waals surface area contributed by atoms with Crippen molar-refractivity contribution in [2.24, 2.45) is 11.8 Å². The standard InChI is InChI=1S/C31H32O2P2.C14H15OP.C14H15P.C10H16NP.C10H21P.C8H12NP.C8H11P.C4H5OP/c1-31(2)32-29(23-34(25-15-7-3-8-16-25)26-17-9-4-10-18-26)30(33-31)24-35(27-19-11-5-12-20-27)28-21-13-6-14-22-28;1-15-13-10-6-7-11-14(13)16(2)12-8-4-3-5-9-12;1-11-8-12(2)10-14(9-11)15-13-6-4-3-5-7-13;1-8(11-2)9-6-4-5-7-10(9)12-3;1-8(2)9-6-4-5-7-10(9)11-3;1-9(2)7-5-3-4-6-8(7)10;1-6-3-7(2)5-8(9)4-6;6-4-2-1-3-5-4/h3-22,29-30H,23-24H2,1-2H3;3-11H,1-2H3;3-10,15H,1-2H3;4-8,11-12H,1-3H3;8-11H,4-7H2,1-3H3;3-6H,10H2,1-2H3;3-5H,9H2,1-2H3;1-3H,6H2/t29-,30?;;;8-;9-,10-;;;/m0..10.../s1. The largest absolute Gasteiger partial charge is 0.496 e. The second-order valence-corrected chi connectivity index (χ2v) is 41.8. The number of hydrogen-bond acceptors (Lipinski definition) is 6. The highest BCUT2D eigenvalue weighted by Crippen LogP contribution is 2.45. The van der Waals surface area contributed by atoms with E-state index in [1.54, 1.807) is 13.4 Å². The minimum absolute atomic E-state index is 0.0361. The number of aryl methyl sites for hydroxylation is 4. The van der Waals surface area contributed by atoms with Gasteiger partial charge in [-0.1, -0.05) is 354 Å².